The fourth-order valence-corrected chi connectivity index (χ4v) is 3.94. The Balaban J connectivity index is 1.83. The van der Waals surface area contributed by atoms with Crippen molar-refractivity contribution in [2.24, 2.45) is 0 Å². The predicted molar refractivity (Wildman–Crippen MR) is 111 cm³/mol. The zero-order valence-electron chi connectivity index (χ0n) is 13.9. The van der Waals surface area contributed by atoms with Gasteiger partial charge in [0.25, 0.3) is 11.8 Å². The van der Waals surface area contributed by atoms with Crippen LogP contribution in [0.2, 0.25) is 0 Å². The lowest BCUT2D eigenvalue weighted by Crippen LogP contribution is -2.44. The monoisotopic (exact) mass is 464 g/mol. The zero-order valence-corrected chi connectivity index (χ0v) is 17.2. The van der Waals surface area contributed by atoms with Crippen molar-refractivity contribution in [1.82, 2.24) is 10.4 Å². The predicted octanol–water partition coefficient (Wildman–Crippen LogP) is 3.71. The topological polar surface area (TPSA) is 78.9 Å². The summed E-state index contributed by atoms with van der Waals surface area (Å²) < 4.78 is 5.76. The maximum absolute atomic E-state index is 12.6. The molecule has 0 unspecified atom stereocenters. The Hall–Kier alpha value is -2.36. The van der Waals surface area contributed by atoms with Crippen LogP contribution in [-0.2, 0) is 4.79 Å². The minimum absolute atomic E-state index is 0.0303. The molecule has 1 aliphatic rings. The number of benzene rings is 2. The number of carbonyl (C=O) groups excluding carboxylic acids is 2. The second-order valence-electron chi connectivity index (χ2n) is 5.38. The fourth-order valence-electron chi connectivity index (χ4n) is 2.30. The number of ether oxygens (including phenoxy) is 1. The standard InChI is InChI=1S/C18H13BrN2O4S2/c1-25-13-8-10(7-12(19)15(13)22)9-14-17(24)21(18(26)27-14)20-16(23)11-5-3-2-4-6-11/h2-9,22H,1H3,(H,20,23)/b14-9+. The molecule has 0 bridgehead atoms. The number of nitrogens with one attached hydrogen (secondary N) is 1. The fraction of sp³-hybridized carbons (Fsp3) is 0.0556. The number of aromatic hydroxyl groups is 1. The number of hydrazine groups is 1. The lowest BCUT2D eigenvalue weighted by molar-refractivity contribution is -0.123. The third-order valence-corrected chi connectivity index (χ3v) is 5.52. The number of nitrogens with zero attached hydrogens (tertiary/aromatic N) is 1. The molecule has 0 atom stereocenters. The van der Waals surface area contributed by atoms with Gasteiger partial charge in [-0.15, -0.1) is 0 Å². The number of hydrogen-bond acceptors (Lipinski definition) is 6. The Morgan fingerprint density at radius 3 is 2.70 bits per heavy atom. The molecule has 0 aliphatic carbocycles. The number of methoxy groups -OCH3 is 1. The number of phenolic OH excluding ortho intramolecular Hbond substituents is 1. The van der Waals surface area contributed by atoms with E-state index in [1.807, 2.05) is 0 Å². The number of amides is 2. The van der Waals surface area contributed by atoms with Gasteiger partial charge in [0.2, 0.25) is 0 Å². The van der Waals surface area contributed by atoms with Gasteiger partial charge in [0, 0.05) is 5.56 Å². The molecule has 6 nitrogen and oxygen atoms in total. The molecule has 1 heterocycles. The summed E-state index contributed by atoms with van der Waals surface area (Å²) in [5, 5.41) is 10.9. The Morgan fingerprint density at radius 1 is 1.33 bits per heavy atom. The van der Waals surface area contributed by atoms with Gasteiger partial charge in [-0.25, -0.2) is 0 Å². The van der Waals surface area contributed by atoms with Crippen molar-refractivity contribution in [2.45, 2.75) is 0 Å². The number of thiocarbonyl (C=S) groups is 1. The van der Waals surface area contributed by atoms with Crippen LogP contribution < -0.4 is 10.2 Å². The van der Waals surface area contributed by atoms with Crippen molar-refractivity contribution in [1.29, 1.82) is 0 Å². The Morgan fingerprint density at radius 2 is 2.04 bits per heavy atom. The van der Waals surface area contributed by atoms with Crippen LogP contribution in [-0.4, -0.2) is 33.4 Å². The highest BCUT2D eigenvalue weighted by Gasteiger charge is 2.33. The van der Waals surface area contributed by atoms with E-state index in [1.54, 1.807) is 48.5 Å². The Kier molecular flexibility index (Phi) is 5.83. The summed E-state index contributed by atoms with van der Waals surface area (Å²) in [6, 6.07) is 11.8. The van der Waals surface area contributed by atoms with Gasteiger partial charge in [0.1, 0.15) is 0 Å². The molecule has 2 amide bonds. The van der Waals surface area contributed by atoms with E-state index in [0.717, 1.165) is 16.8 Å². The molecule has 1 fully saturated rings. The van der Waals surface area contributed by atoms with Crippen LogP contribution >= 0.6 is 39.9 Å². The van der Waals surface area contributed by atoms with E-state index >= 15 is 0 Å². The molecule has 0 spiro atoms. The van der Waals surface area contributed by atoms with Crippen LogP contribution in [0.15, 0.2) is 51.8 Å². The minimum atomic E-state index is -0.433. The number of hydrogen-bond donors (Lipinski definition) is 2. The van der Waals surface area contributed by atoms with Gasteiger partial charge in [0.05, 0.1) is 16.5 Å². The van der Waals surface area contributed by atoms with Crippen molar-refractivity contribution in [3.05, 3.63) is 63.0 Å². The molecule has 2 aromatic rings. The number of phenols is 1. The van der Waals surface area contributed by atoms with Crippen LogP contribution in [0.4, 0.5) is 0 Å². The smallest absolute Gasteiger partial charge is 0.285 e. The molecule has 0 radical (unpaired) electrons. The van der Waals surface area contributed by atoms with Gasteiger partial charge in [-0.1, -0.05) is 30.0 Å². The first-order valence-electron chi connectivity index (χ1n) is 7.61. The van der Waals surface area contributed by atoms with Crippen molar-refractivity contribution in [3.8, 4) is 11.5 Å². The summed E-state index contributed by atoms with van der Waals surface area (Å²) >= 11 is 9.53. The van der Waals surface area contributed by atoms with Crippen LogP contribution in [0.25, 0.3) is 6.08 Å². The zero-order chi connectivity index (χ0) is 19.6. The van der Waals surface area contributed by atoms with Crippen LogP contribution in [0, 0.1) is 0 Å². The van der Waals surface area contributed by atoms with Gasteiger partial charge in [0.15, 0.2) is 15.8 Å². The molecular weight excluding hydrogens is 452 g/mol. The molecule has 138 valence electrons. The van der Waals surface area contributed by atoms with Crippen molar-refractivity contribution < 1.29 is 19.4 Å². The maximum Gasteiger partial charge on any atom is 0.285 e. The number of rotatable bonds is 4. The normalized spacial score (nSPS) is 15.3. The lowest BCUT2D eigenvalue weighted by atomic mass is 10.2. The summed E-state index contributed by atoms with van der Waals surface area (Å²) in [5.41, 5.74) is 3.57. The highest BCUT2D eigenvalue weighted by Crippen LogP contribution is 2.37. The van der Waals surface area contributed by atoms with E-state index in [4.69, 9.17) is 17.0 Å². The third kappa shape index (κ3) is 4.15. The van der Waals surface area contributed by atoms with Gasteiger partial charge >= 0.3 is 0 Å². The first-order valence-corrected chi connectivity index (χ1v) is 9.63. The average molecular weight is 465 g/mol. The maximum atomic E-state index is 12.6. The van der Waals surface area contributed by atoms with Gasteiger partial charge < -0.3 is 9.84 Å². The molecule has 2 aromatic carbocycles. The van der Waals surface area contributed by atoms with E-state index in [2.05, 4.69) is 21.4 Å². The quantitative estimate of drug-likeness (QED) is 0.530. The Labute approximate surface area is 173 Å². The van der Waals surface area contributed by atoms with Crippen LogP contribution in [0.1, 0.15) is 15.9 Å². The second kappa shape index (κ2) is 8.12. The van der Waals surface area contributed by atoms with Crippen LogP contribution in [0.3, 0.4) is 0 Å². The lowest BCUT2D eigenvalue weighted by Gasteiger charge is -2.15. The molecule has 3 rings (SSSR count). The number of halogens is 1. The van der Waals surface area contributed by atoms with Crippen LogP contribution in [0.5, 0.6) is 11.5 Å². The van der Waals surface area contributed by atoms with Crippen molar-refractivity contribution in [3.63, 3.8) is 0 Å². The highest BCUT2D eigenvalue weighted by molar-refractivity contribution is 9.10. The highest BCUT2D eigenvalue weighted by atomic mass is 79.9. The van der Waals surface area contributed by atoms with E-state index in [-0.39, 0.29) is 15.8 Å². The summed E-state index contributed by atoms with van der Waals surface area (Å²) in [4.78, 5) is 25.3. The molecule has 0 aromatic heterocycles. The van der Waals surface area contributed by atoms with E-state index in [1.165, 1.54) is 7.11 Å². The van der Waals surface area contributed by atoms with Gasteiger partial charge in [-0.05, 0) is 64.1 Å². The Bertz CT molecular complexity index is 963. The minimum Gasteiger partial charge on any atom is -0.503 e. The molecule has 1 aliphatic heterocycles. The van der Waals surface area contributed by atoms with Gasteiger partial charge in [-0.3, -0.25) is 15.0 Å². The third-order valence-electron chi connectivity index (χ3n) is 3.61. The number of carbonyl (C=O) groups is 2. The summed E-state index contributed by atoms with van der Waals surface area (Å²) in [7, 11) is 1.43. The summed E-state index contributed by atoms with van der Waals surface area (Å²) in [5.74, 6) is -0.625. The molecule has 9 heteroatoms. The SMILES string of the molecule is COc1cc(/C=C2/SC(=S)N(NC(=O)c3ccccc3)C2=O)cc(Br)c1O. The van der Waals surface area contributed by atoms with E-state index < -0.39 is 11.8 Å². The first-order chi connectivity index (χ1) is 12.9. The molecule has 27 heavy (non-hydrogen) atoms. The summed E-state index contributed by atoms with van der Waals surface area (Å²) in [6.45, 7) is 0. The van der Waals surface area contributed by atoms with E-state index in [9.17, 15) is 14.7 Å². The van der Waals surface area contributed by atoms with Crippen molar-refractivity contribution in [2.75, 3.05) is 7.11 Å². The van der Waals surface area contributed by atoms with Gasteiger partial charge in [-0.2, -0.15) is 5.01 Å². The first kappa shape index (κ1) is 19.4. The molecule has 2 N–H and O–H groups in total. The second-order valence-corrected chi connectivity index (χ2v) is 7.91. The number of thioether (sulfide) groups is 1. The molecule has 0 saturated carbocycles. The molecular formula is C18H13BrN2O4S2. The largest absolute Gasteiger partial charge is 0.503 e. The summed E-state index contributed by atoms with van der Waals surface area (Å²) in [6.07, 6.45) is 1.61. The average Bonchev–Trinajstić information content (AvgIpc) is 2.92. The van der Waals surface area contributed by atoms with E-state index in [0.29, 0.717) is 20.5 Å². The molecule has 1 saturated heterocycles. The van der Waals surface area contributed by atoms with Crippen molar-refractivity contribution >= 4 is 62.1 Å².